The van der Waals surface area contributed by atoms with Gasteiger partial charge in [-0.15, -0.1) is 0 Å². The lowest BCUT2D eigenvalue weighted by Crippen LogP contribution is -2.24. The summed E-state index contributed by atoms with van der Waals surface area (Å²) in [7, 11) is 0. The Morgan fingerprint density at radius 2 is 2.17 bits per heavy atom. The normalized spacial score (nSPS) is 18.0. The van der Waals surface area contributed by atoms with Crippen molar-refractivity contribution in [2.45, 2.75) is 60.3 Å². The molecule has 2 rings (SSSR count). The number of hydrogen-bond donors (Lipinski definition) is 3. The first-order valence-electron chi connectivity index (χ1n) is 7.80. The van der Waals surface area contributed by atoms with Gasteiger partial charge in [-0.3, -0.25) is 4.79 Å². The third-order valence-electron chi connectivity index (χ3n) is 2.98. The number of nitrogens with one attached hydrogen (secondary N) is 2. The third kappa shape index (κ3) is 5.84. The molecule has 2 unspecified atom stereocenters. The average molecular weight is 341 g/mol. The van der Waals surface area contributed by atoms with Crippen LogP contribution in [0.5, 0.6) is 0 Å². The minimum absolute atomic E-state index is 0.0598. The van der Waals surface area contributed by atoms with E-state index in [1.54, 1.807) is 6.20 Å². The standard InChI is InChI=1S/C14H21N3O3S.C2H6/c1-8(18)17-13-16-6-10(21-13)9(19)5-12-15-7-11(20-12)14(2,3)4;1-2/h6-7,9,12,15,19H,5H2,1-4H3,(H,16,17,18);1-2H3. The van der Waals surface area contributed by atoms with Crippen molar-refractivity contribution in [2.24, 2.45) is 5.41 Å². The van der Waals surface area contributed by atoms with E-state index >= 15 is 0 Å². The van der Waals surface area contributed by atoms with Crippen LogP contribution in [0.2, 0.25) is 0 Å². The van der Waals surface area contributed by atoms with Crippen LogP contribution in [0.4, 0.5) is 5.13 Å². The SMILES string of the molecule is CC.CC(=O)Nc1ncc(C(O)CC2NC=C(C(C)(C)C)O2)s1. The first-order chi connectivity index (χ1) is 10.8. The molecule has 1 amide bonds. The van der Waals surface area contributed by atoms with Crippen LogP contribution in [-0.2, 0) is 9.53 Å². The van der Waals surface area contributed by atoms with Gasteiger partial charge in [0.1, 0.15) is 5.76 Å². The number of carbonyl (C=O) groups is 1. The van der Waals surface area contributed by atoms with Gasteiger partial charge in [-0.1, -0.05) is 46.0 Å². The molecule has 0 saturated heterocycles. The van der Waals surface area contributed by atoms with Gasteiger partial charge in [0.15, 0.2) is 11.4 Å². The fourth-order valence-corrected chi connectivity index (χ4v) is 2.73. The minimum atomic E-state index is -0.685. The first kappa shape index (κ1) is 19.4. The van der Waals surface area contributed by atoms with Crippen LogP contribution in [0.1, 0.15) is 58.9 Å². The van der Waals surface area contributed by atoms with E-state index in [1.165, 1.54) is 18.3 Å². The van der Waals surface area contributed by atoms with Gasteiger partial charge in [0.25, 0.3) is 0 Å². The van der Waals surface area contributed by atoms with Crippen LogP contribution < -0.4 is 10.6 Å². The molecule has 0 spiro atoms. The molecule has 1 aliphatic heterocycles. The maximum atomic E-state index is 11.0. The molecule has 0 radical (unpaired) electrons. The Morgan fingerprint density at radius 3 is 2.70 bits per heavy atom. The number of rotatable bonds is 4. The number of thiazole rings is 1. The molecule has 130 valence electrons. The minimum Gasteiger partial charge on any atom is -0.473 e. The molecule has 6 nitrogen and oxygen atoms in total. The van der Waals surface area contributed by atoms with Crippen molar-refractivity contribution in [3.8, 4) is 0 Å². The van der Waals surface area contributed by atoms with Crippen molar-refractivity contribution in [2.75, 3.05) is 5.32 Å². The molecular formula is C16H27N3O3S. The molecular weight excluding hydrogens is 314 g/mol. The molecule has 7 heteroatoms. The molecule has 2 atom stereocenters. The topological polar surface area (TPSA) is 83.5 Å². The van der Waals surface area contributed by atoms with E-state index in [4.69, 9.17) is 4.74 Å². The first-order valence-corrected chi connectivity index (χ1v) is 8.62. The number of amides is 1. The molecule has 1 aromatic rings. The molecule has 0 fully saturated rings. The van der Waals surface area contributed by atoms with Gasteiger partial charge in [0, 0.05) is 31.2 Å². The smallest absolute Gasteiger partial charge is 0.223 e. The van der Waals surface area contributed by atoms with Gasteiger partial charge in [0.2, 0.25) is 5.91 Å². The van der Waals surface area contributed by atoms with Crippen molar-refractivity contribution in [1.29, 1.82) is 0 Å². The summed E-state index contributed by atoms with van der Waals surface area (Å²) in [6, 6.07) is 0. The number of carbonyl (C=O) groups excluding carboxylic acids is 1. The second-order valence-electron chi connectivity index (χ2n) is 6.03. The zero-order chi connectivity index (χ0) is 17.6. The molecule has 0 aliphatic carbocycles. The number of aliphatic hydroxyl groups is 1. The quantitative estimate of drug-likeness (QED) is 0.782. The Bertz CT molecular complexity index is 549. The second-order valence-corrected chi connectivity index (χ2v) is 7.09. The van der Waals surface area contributed by atoms with Crippen LogP contribution in [-0.4, -0.2) is 22.2 Å². The Balaban J connectivity index is 0.00000127. The third-order valence-corrected chi connectivity index (χ3v) is 4.00. The van der Waals surface area contributed by atoms with Crippen LogP contribution >= 0.6 is 11.3 Å². The van der Waals surface area contributed by atoms with Crippen molar-refractivity contribution in [1.82, 2.24) is 10.3 Å². The molecule has 1 aliphatic rings. The summed E-state index contributed by atoms with van der Waals surface area (Å²) in [6.45, 7) is 11.6. The lowest BCUT2D eigenvalue weighted by Gasteiger charge is -2.22. The summed E-state index contributed by atoms with van der Waals surface area (Å²) in [5, 5.41) is 16.4. The van der Waals surface area contributed by atoms with Gasteiger partial charge in [0.05, 0.1) is 11.0 Å². The van der Waals surface area contributed by atoms with Gasteiger partial charge < -0.3 is 20.5 Å². The van der Waals surface area contributed by atoms with Crippen molar-refractivity contribution >= 4 is 22.4 Å². The predicted molar refractivity (Wildman–Crippen MR) is 92.9 cm³/mol. The highest BCUT2D eigenvalue weighted by atomic mass is 32.1. The summed E-state index contributed by atoms with van der Waals surface area (Å²) in [5.41, 5.74) is -0.0598. The molecule has 23 heavy (non-hydrogen) atoms. The van der Waals surface area contributed by atoms with Crippen molar-refractivity contribution < 1.29 is 14.6 Å². The Kier molecular flexibility index (Phi) is 7.02. The van der Waals surface area contributed by atoms with E-state index in [0.29, 0.717) is 16.4 Å². The zero-order valence-corrected chi connectivity index (χ0v) is 15.5. The molecule has 2 heterocycles. The van der Waals surface area contributed by atoms with Crippen molar-refractivity contribution in [3.05, 3.63) is 23.0 Å². The highest BCUT2D eigenvalue weighted by molar-refractivity contribution is 7.15. The number of allylic oxidation sites excluding steroid dienone is 1. The van der Waals surface area contributed by atoms with Crippen molar-refractivity contribution in [3.63, 3.8) is 0 Å². The maximum absolute atomic E-state index is 11.0. The monoisotopic (exact) mass is 341 g/mol. The fourth-order valence-electron chi connectivity index (χ4n) is 1.87. The molecule has 0 bridgehead atoms. The molecule has 0 saturated carbocycles. The molecule has 3 N–H and O–H groups in total. The van der Waals surface area contributed by atoms with Gasteiger partial charge in [-0.25, -0.2) is 4.98 Å². The lowest BCUT2D eigenvalue weighted by atomic mass is 9.94. The number of anilines is 1. The van der Waals surface area contributed by atoms with E-state index in [2.05, 4.69) is 36.4 Å². The van der Waals surface area contributed by atoms with Gasteiger partial charge in [-0.05, 0) is 0 Å². The van der Waals surface area contributed by atoms with Crippen LogP contribution in [0, 0.1) is 5.41 Å². The van der Waals surface area contributed by atoms with E-state index in [-0.39, 0.29) is 17.6 Å². The van der Waals surface area contributed by atoms with Gasteiger partial charge in [-0.2, -0.15) is 0 Å². The maximum Gasteiger partial charge on any atom is 0.223 e. The van der Waals surface area contributed by atoms with E-state index in [1.807, 2.05) is 20.0 Å². The van der Waals surface area contributed by atoms with E-state index in [0.717, 1.165) is 5.76 Å². The molecule has 1 aromatic heterocycles. The summed E-state index contributed by atoms with van der Waals surface area (Å²) in [6.07, 6.45) is 2.91. The second kappa shape index (κ2) is 8.31. The summed E-state index contributed by atoms with van der Waals surface area (Å²) < 4.78 is 5.79. The van der Waals surface area contributed by atoms with Crippen LogP contribution in [0.3, 0.4) is 0 Å². The number of aliphatic hydroxyl groups excluding tert-OH is 1. The summed E-state index contributed by atoms with van der Waals surface area (Å²) in [5.74, 6) is 0.702. The molecule has 0 aromatic carbocycles. The largest absolute Gasteiger partial charge is 0.473 e. The number of nitrogens with zero attached hydrogens (tertiary/aromatic N) is 1. The highest BCUT2D eigenvalue weighted by Crippen LogP contribution is 2.33. The number of aromatic nitrogens is 1. The average Bonchev–Trinajstić information content (AvgIpc) is 3.09. The van der Waals surface area contributed by atoms with E-state index < -0.39 is 6.10 Å². The predicted octanol–water partition coefficient (Wildman–Crippen LogP) is 3.38. The van der Waals surface area contributed by atoms with Crippen LogP contribution in [0.15, 0.2) is 18.2 Å². The lowest BCUT2D eigenvalue weighted by molar-refractivity contribution is -0.114. The number of ether oxygens (including phenoxy) is 1. The highest BCUT2D eigenvalue weighted by Gasteiger charge is 2.29. The zero-order valence-electron chi connectivity index (χ0n) is 14.6. The Hall–Kier alpha value is -1.60. The Labute approximate surface area is 142 Å². The number of hydrogen-bond acceptors (Lipinski definition) is 6. The summed E-state index contributed by atoms with van der Waals surface area (Å²) in [4.78, 5) is 15.7. The van der Waals surface area contributed by atoms with E-state index in [9.17, 15) is 9.90 Å². The van der Waals surface area contributed by atoms with Crippen LogP contribution in [0.25, 0.3) is 0 Å². The fraction of sp³-hybridized carbons (Fsp3) is 0.625. The summed E-state index contributed by atoms with van der Waals surface area (Å²) >= 11 is 1.27. The Morgan fingerprint density at radius 1 is 1.52 bits per heavy atom. The van der Waals surface area contributed by atoms with Gasteiger partial charge >= 0.3 is 0 Å².